The molecule has 0 saturated carbocycles. The highest BCUT2D eigenvalue weighted by Gasteiger charge is 2.54. The average Bonchev–Trinajstić information content (AvgIpc) is 3.19. The Hall–Kier alpha value is -1.63. The van der Waals surface area contributed by atoms with Crippen molar-refractivity contribution in [2.24, 2.45) is 0 Å². The van der Waals surface area contributed by atoms with Gasteiger partial charge >= 0.3 is 6.09 Å². The first-order valence-corrected chi connectivity index (χ1v) is 7.02. The fourth-order valence-electron chi connectivity index (χ4n) is 2.48. The zero-order valence-electron chi connectivity index (χ0n) is 11.9. The average molecular weight is 293 g/mol. The summed E-state index contributed by atoms with van der Waals surface area (Å²) in [6.07, 6.45) is -0.635. The SMILES string of the molecule is CO[C@@H](COC(=O)NCc1ccccc1)[C@H]1OC[C@@H]2O[C@H]12. The van der Waals surface area contributed by atoms with E-state index in [2.05, 4.69) is 5.32 Å². The van der Waals surface area contributed by atoms with Crippen molar-refractivity contribution in [1.82, 2.24) is 5.32 Å². The standard InChI is InChI=1S/C15H19NO5/c1-18-11(13-14-12(21-14)9-19-13)8-20-15(17)16-7-10-5-3-2-4-6-10/h2-6,11-14H,7-9H2,1H3,(H,16,17)/t11-,12-,13+,14-/m0/s1. The van der Waals surface area contributed by atoms with Gasteiger partial charge in [0.05, 0.1) is 6.61 Å². The number of fused-ring (bicyclic) bond motifs is 1. The van der Waals surface area contributed by atoms with Crippen molar-refractivity contribution in [1.29, 1.82) is 0 Å². The minimum absolute atomic E-state index is 0.0888. The van der Waals surface area contributed by atoms with Gasteiger partial charge in [-0.25, -0.2) is 4.79 Å². The van der Waals surface area contributed by atoms with Crippen LogP contribution in [0.2, 0.25) is 0 Å². The molecule has 1 aromatic carbocycles. The van der Waals surface area contributed by atoms with Gasteiger partial charge in [-0.1, -0.05) is 30.3 Å². The second-order valence-electron chi connectivity index (χ2n) is 5.15. The number of rotatable bonds is 6. The highest BCUT2D eigenvalue weighted by atomic mass is 16.7. The van der Waals surface area contributed by atoms with Gasteiger partial charge in [-0.2, -0.15) is 0 Å². The van der Waals surface area contributed by atoms with Crippen LogP contribution in [-0.4, -0.2) is 50.8 Å². The van der Waals surface area contributed by atoms with Gasteiger partial charge in [-0.15, -0.1) is 0 Å². The lowest BCUT2D eigenvalue weighted by atomic mass is 10.1. The molecule has 2 heterocycles. The van der Waals surface area contributed by atoms with Gasteiger partial charge in [0.15, 0.2) is 0 Å². The van der Waals surface area contributed by atoms with Crippen molar-refractivity contribution in [2.75, 3.05) is 20.3 Å². The van der Waals surface area contributed by atoms with E-state index < -0.39 is 6.09 Å². The molecular weight excluding hydrogens is 274 g/mol. The monoisotopic (exact) mass is 293 g/mol. The van der Waals surface area contributed by atoms with E-state index in [4.69, 9.17) is 18.9 Å². The number of ether oxygens (including phenoxy) is 4. The fraction of sp³-hybridized carbons (Fsp3) is 0.533. The van der Waals surface area contributed by atoms with Crippen LogP contribution >= 0.6 is 0 Å². The molecule has 1 aromatic rings. The number of nitrogens with one attached hydrogen (secondary N) is 1. The minimum Gasteiger partial charge on any atom is -0.447 e. The Kier molecular flexibility index (Phi) is 4.38. The lowest BCUT2D eigenvalue weighted by Crippen LogP contribution is -2.38. The number of hydrogen-bond donors (Lipinski definition) is 1. The van der Waals surface area contributed by atoms with Gasteiger partial charge < -0.3 is 24.3 Å². The molecule has 6 heteroatoms. The molecule has 114 valence electrons. The van der Waals surface area contributed by atoms with Crippen molar-refractivity contribution < 1.29 is 23.7 Å². The number of methoxy groups -OCH3 is 1. The molecule has 1 amide bonds. The zero-order chi connectivity index (χ0) is 14.7. The minimum atomic E-state index is -0.466. The molecule has 2 aliphatic rings. The maximum atomic E-state index is 11.7. The summed E-state index contributed by atoms with van der Waals surface area (Å²) in [6.45, 7) is 1.18. The third-order valence-electron chi connectivity index (χ3n) is 3.73. The lowest BCUT2D eigenvalue weighted by molar-refractivity contribution is -0.0839. The number of benzene rings is 1. The second-order valence-corrected chi connectivity index (χ2v) is 5.15. The molecule has 21 heavy (non-hydrogen) atoms. The summed E-state index contributed by atoms with van der Waals surface area (Å²) >= 11 is 0. The molecule has 0 bridgehead atoms. The van der Waals surface area contributed by atoms with Crippen LogP contribution in [0, 0.1) is 0 Å². The summed E-state index contributed by atoms with van der Waals surface area (Å²) in [6, 6.07) is 9.66. The number of amides is 1. The highest BCUT2D eigenvalue weighted by Crippen LogP contribution is 2.36. The van der Waals surface area contributed by atoms with E-state index in [1.54, 1.807) is 7.11 Å². The van der Waals surface area contributed by atoms with Crippen LogP contribution in [0.1, 0.15) is 5.56 Å². The van der Waals surface area contributed by atoms with Gasteiger partial charge in [0.1, 0.15) is 31.0 Å². The van der Waals surface area contributed by atoms with Crippen LogP contribution < -0.4 is 5.32 Å². The first-order valence-electron chi connectivity index (χ1n) is 7.02. The van der Waals surface area contributed by atoms with Crippen LogP contribution in [0.15, 0.2) is 30.3 Å². The predicted octanol–water partition coefficient (Wildman–Crippen LogP) is 1.09. The predicted molar refractivity (Wildman–Crippen MR) is 73.8 cm³/mol. The molecule has 0 unspecified atom stereocenters. The van der Waals surface area contributed by atoms with Crippen LogP contribution in [0.25, 0.3) is 0 Å². The first-order chi connectivity index (χ1) is 10.3. The normalized spacial score (nSPS) is 27.8. The van der Waals surface area contributed by atoms with Crippen molar-refractivity contribution in [3.63, 3.8) is 0 Å². The number of hydrogen-bond acceptors (Lipinski definition) is 5. The summed E-state index contributed by atoms with van der Waals surface area (Å²) in [5.41, 5.74) is 1.02. The van der Waals surface area contributed by atoms with E-state index in [1.165, 1.54) is 0 Å². The Bertz CT molecular complexity index is 480. The maximum absolute atomic E-state index is 11.7. The largest absolute Gasteiger partial charge is 0.447 e. The van der Waals surface area contributed by atoms with Crippen molar-refractivity contribution in [2.45, 2.75) is 31.0 Å². The number of carbonyl (C=O) groups is 1. The molecule has 2 saturated heterocycles. The van der Waals surface area contributed by atoms with E-state index in [9.17, 15) is 4.79 Å². The Balaban J connectivity index is 1.40. The third-order valence-corrected chi connectivity index (χ3v) is 3.73. The molecule has 2 aliphatic heterocycles. The van der Waals surface area contributed by atoms with Crippen molar-refractivity contribution >= 4 is 6.09 Å². The third kappa shape index (κ3) is 3.53. The fourth-order valence-corrected chi connectivity index (χ4v) is 2.48. The highest BCUT2D eigenvalue weighted by molar-refractivity contribution is 5.67. The summed E-state index contributed by atoms with van der Waals surface area (Å²) in [7, 11) is 1.58. The van der Waals surface area contributed by atoms with E-state index >= 15 is 0 Å². The van der Waals surface area contributed by atoms with Crippen LogP contribution in [0.5, 0.6) is 0 Å². The first kappa shape index (κ1) is 14.3. The molecule has 4 atom stereocenters. The number of epoxide rings is 1. The molecule has 0 radical (unpaired) electrons. The van der Waals surface area contributed by atoms with E-state index in [0.29, 0.717) is 13.2 Å². The Morgan fingerprint density at radius 3 is 2.86 bits per heavy atom. The molecule has 0 aliphatic carbocycles. The van der Waals surface area contributed by atoms with Gasteiger partial charge in [0.25, 0.3) is 0 Å². The second kappa shape index (κ2) is 6.43. The Labute approximate surface area is 123 Å². The van der Waals surface area contributed by atoms with Crippen LogP contribution in [-0.2, 0) is 25.5 Å². The van der Waals surface area contributed by atoms with Gasteiger partial charge in [-0.3, -0.25) is 0 Å². The number of alkyl carbamates (subject to hydrolysis) is 1. The Morgan fingerprint density at radius 1 is 1.43 bits per heavy atom. The molecule has 2 fully saturated rings. The molecule has 6 nitrogen and oxygen atoms in total. The summed E-state index contributed by atoms with van der Waals surface area (Å²) < 4.78 is 21.5. The zero-order valence-corrected chi connectivity index (χ0v) is 11.9. The summed E-state index contributed by atoms with van der Waals surface area (Å²) in [5.74, 6) is 0. The van der Waals surface area contributed by atoms with Gasteiger partial charge in [-0.05, 0) is 5.56 Å². The topological polar surface area (TPSA) is 69.3 Å². The van der Waals surface area contributed by atoms with E-state index in [-0.39, 0.29) is 31.0 Å². The molecule has 1 N–H and O–H groups in total. The molecule has 0 spiro atoms. The van der Waals surface area contributed by atoms with Crippen LogP contribution in [0.3, 0.4) is 0 Å². The smallest absolute Gasteiger partial charge is 0.407 e. The quantitative estimate of drug-likeness (QED) is 0.795. The van der Waals surface area contributed by atoms with E-state index in [1.807, 2.05) is 30.3 Å². The maximum Gasteiger partial charge on any atom is 0.407 e. The summed E-state index contributed by atoms with van der Waals surface area (Å²) in [4.78, 5) is 11.7. The van der Waals surface area contributed by atoms with Crippen molar-refractivity contribution in [3.05, 3.63) is 35.9 Å². The van der Waals surface area contributed by atoms with Gasteiger partial charge in [0.2, 0.25) is 0 Å². The van der Waals surface area contributed by atoms with Gasteiger partial charge in [0, 0.05) is 13.7 Å². The lowest BCUT2D eigenvalue weighted by Gasteiger charge is -2.22. The Morgan fingerprint density at radius 2 is 2.24 bits per heavy atom. The summed E-state index contributed by atoms with van der Waals surface area (Å²) in [5, 5.41) is 2.70. The molecule has 0 aromatic heterocycles. The molecule has 3 rings (SSSR count). The van der Waals surface area contributed by atoms with Crippen LogP contribution in [0.4, 0.5) is 4.79 Å². The number of carbonyl (C=O) groups excluding carboxylic acids is 1. The van der Waals surface area contributed by atoms with E-state index in [0.717, 1.165) is 5.56 Å². The molecular formula is C15H19NO5. The van der Waals surface area contributed by atoms with Crippen molar-refractivity contribution in [3.8, 4) is 0 Å².